The lowest BCUT2D eigenvalue weighted by atomic mass is 10.2. The lowest BCUT2D eigenvalue weighted by molar-refractivity contribution is 0.477. The predicted molar refractivity (Wildman–Crippen MR) is 72.4 cm³/mol. The Morgan fingerprint density at radius 2 is 1.50 bits per heavy atom. The standard InChI is InChI=1S/C13H15N3O2/c14-10-3-1-8(5-12(10)17)7-16-9-2-4-11(15)13(18)6-9/h1-6,16-18H,7,14-15H2. The van der Waals surface area contributed by atoms with E-state index >= 15 is 0 Å². The first-order valence-corrected chi connectivity index (χ1v) is 5.46. The van der Waals surface area contributed by atoms with Crippen LogP contribution in [0.3, 0.4) is 0 Å². The Labute approximate surface area is 105 Å². The Morgan fingerprint density at radius 3 is 2.11 bits per heavy atom. The third-order valence-electron chi connectivity index (χ3n) is 2.62. The lowest BCUT2D eigenvalue weighted by Crippen LogP contribution is -2.00. The van der Waals surface area contributed by atoms with Gasteiger partial charge >= 0.3 is 0 Å². The van der Waals surface area contributed by atoms with E-state index in [9.17, 15) is 10.2 Å². The molecule has 0 amide bonds. The normalized spacial score (nSPS) is 10.2. The maximum Gasteiger partial charge on any atom is 0.140 e. The highest BCUT2D eigenvalue weighted by molar-refractivity contribution is 5.61. The third kappa shape index (κ3) is 2.57. The van der Waals surface area contributed by atoms with Gasteiger partial charge in [-0.2, -0.15) is 0 Å². The minimum Gasteiger partial charge on any atom is -0.506 e. The van der Waals surface area contributed by atoms with Crippen LogP contribution in [0.5, 0.6) is 11.5 Å². The van der Waals surface area contributed by atoms with Crippen LogP contribution in [0, 0.1) is 0 Å². The van der Waals surface area contributed by atoms with E-state index in [2.05, 4.69) is 5.32 Å². The highest BCUT2D eigenvalue weighted by Crippen LogP contribution is 2.25. The highest BCUT2D eigenvalue weighted by Gasteiger charge is 2.01. The molecule has 94 valence electrons. The first-order valence-electron chi connectivity index (χ1n) is 5.46. The van der Waals surface area contributed by atoms with E-state index in [0.29, 0.717) is 17.9 Å². The first kappa shape index (κ1) is 11.9. The van der Waals surface area contributed by atoms with Crippen molar-refractivity contribution in [3.05, 3.63) is 42.0 Å². The van der Waals surface area contributed by atoms with Crippen LogP contribution in [-0.2, 0) is 6.54 Å². The zero-order valence-corrected chi connectivity index (χ0v) is 9.72. The van der Waals surface area contributed by atoms with E-state index in [1.165, 1.54) is 0 Å². The molecule has 0 fully saturated rings. The minimum atomic E-state index is 0.0418. The minimum absolute atomic E-state index is 0.0418. The van der Waals surface area contributed by atoms with Crippen LogP contribution in [0.1, 0.15) is 5.56 Å². The predicted octanol–water partition coefficient (Wildman–Crippen LogP) is 1.87. The Balaban J connectivity index is 2.06. The number of aromatic hydroxyl groups is 2. The molecule has 0 atom stereocenters. The monoisotopic (exact) mass is 245 g/mol. The summed E-state index contributed by atoms with van der Waals surface area (Å²) in [6.45, 7) is 0.511. The number of phenolic OH excluding ortho intramolecular Hbond substituents is 2. The molecule has 2 aromatic carbocycles. The van der Waals surface area contributed by atoms with E-state index in [4.69, 9.17) is 11.5 Å². The molecule has 0 unspecified atom stereocenters. The molecule has 0 bridgehead atoms. The summed E-state index contributed by atoms with van der Waals surface area (Å²) in [4.78, 5) is 0. The third-order valence-corrected chi connectivity index (χ3v) is 2.62. The van der Waals surface area contributed by atoms with Crippen molar-refractivity contribution in [1.29, 1.82) is 0 Å². The van der Waals surface area contributed by atoms with Gasteiger partial charge in [-0.15, -0.1) is 0 Å². The number of hydrogen-bond donors (Lipinski definition) is 5. The molecule has 2 rings (SSSR count). The Bertz CT molecular complexity index is 519. The van der Waals surface area contributed by atoms with E-state index in [0.717, 1.165) is 11.3 Å². The number of nitrogens with one attached hydrogen (secondary N) is 1. The Kier molecular flexibility index (Phi) is 3.14. The van der Waals surface area contributed by atoms with Crippen molar-refractivity contribution in [1.82, 2.24) is 0 Å². The summed E-state index contributed by atoms with van der Waals surface area (Å²) >= 11 is 0. The van der Waals surface area contributed by atoms with E-state index in [1.54, 1.807) is 30.3 Å². The van der Waals surface area contributed by atoms with Gasteiger partial charge in [0, 0.05) is 18.3 Å². The summed E-state index contributed by atoms with van der Waals surface area (Å²) < 4.78 is 0. The maximum absolute atomic E-state index is 9.47. The number of nitrogen functional groups attached to an aromatic ring is 2. The van der Waals surface area contributed by atoms with Crippen molar-refractivity contribution in [3.63, 3.8) is 0 Å². The van der Waals surface area contributed by atoms with E-state index in [-0.39, 0.29) is 11.5 Å². The molecule has 0 aliphatic carbocycles. The Hall–Kier alpha value is -2.56. The van der Waals surface area contributed by atoms with Crippen LogP contribution < -0.4 is 16.8 Å². The van der Waals surface area contributed by atoms with Gasteiger partial charge in [-0.05, 0) is 29.8 Å². The van der Waals surface area contributed by atoms with Gasteiger partial charge in [0.1, 0.15) is 11.5 Å². The first-order chi connectivity index (χ1) is 8.56. The number of rotatable bonds is 3. The van der Waals surface area contributed by atoms with Gasteiger partial charge in [0.15, 0.2) is 0 Å². The van der Waals surface area contributed by atoms with Crippen molar-refractivity contribution in [2.24, 2.45) is 0 Å². The molecule has 0 saturated carbocycles. The zero-order chi connectivity index (χ0) is 13.1. The van der Waals surface area contributed by atoms with Crippen LogP contribution in [0.4, 0.5) is 17.1 Å². The van der Waals surface area contributed by atoms with Gasteiger partial charge in [-0.1, -0.05) is 6.07 Å². The van der Waals surface area contributed by atoms with Crippen molar-refractivity contribution in [3.8, 4) is 11.5 Å². The molecule has 5 heteroatoms. The average Bonchev–Trinajstić information content (AvgIpc) is 2.35. The van der Waals surface area contributed by atoms with E-state index in [1.807, 2.05) is 6.07 Å². The number of nitrogens with two attached hydrogens (primary N) is 2. The van der Waals surface area contributed by atoms with Gasteiger partial charge in [0.05, 0.1) is 11.4 Å². The molecule has 2 aromatic rings. The zero-order valence-electron chi connectivity index (χ0n) is 9.72. The summed E-state index contributed by atoms with van der Waals surface area (Å²) in [5, 5.41) is 22.0. The number of anilines is 3. The summed E-state index contributed by atoms with van der Waals surface area (Å²) in [5.41, 5.74) is 13.3. The quantitative estimate of drug-likeness (QED) is 0.419. The van der Waals surface area contributed by atoms with Gasteiger partial charge < -0.3 is 27.0 Å². The molecule has 0 aromatic heterocycles. The van der Waals surface area contributed by atoms with Crippen molar-refractivity contribution in [2.45, 2.75) is 6.54 Å². The molecule has 0 heterocycles. The Morgan fingerprint density at radius 1 is 0.889 bits per heavy atom. The average molecular weight is 245 g/mol. The summed E-state index contributed by atoms with van der Waals surface area (Å²) in [7, 11) is 0. The second-order valence-electron chi connectivity index (χ2n) is 4.02. The maximum atomic E-state index is 9.47. The van der Waals surface area contributed by atoms with Crippen LogP contribution in [0.25, 0.3) is 0 Å². The van der Waals surface area contributed by atoms with Crippen LogP contribution >= 0.6 is 0 Å². The summed E-state index contributed by atoms with van der Waals surface area (Å²) in [6, 6.07) is 10.0. The smallest absolute Gasteiger partial charge is 0.140 e. The van der Waals surface area contributed by atoms with Gasteiger partial charge in [0.2, 0.25) is 0 Å². The number of phenols is 2. The fourth-order valence-corrected chi connectivity index (χ4v) is 1.56. The van der Waals surface area contributed by atoms with Gasteiger partial charge in [0.25, 0.3) is 0 Å². The van der Waals surface area contributed by atoms with E-state index < -0.39 is 0 Å². The van der Waals surface area contributed by atoms with Crippen molar-refractivity contribution in [2.75, 3.05) is 16.8 Å². The van der Waals surface area contributed by atoms with Crippen LogP contribution in [0.15, 0.2) is 36.4 Å². The largest absolute Gasteiger partial charge is 0.506 e. The fourth-order valence-electron chi connectivity index (χ4n) is 1.56. The highest BCUT2D eigenvalue weighted by atomic mass is 16.3. The summed E-state index contributed by atoms with van der Waals surface area (Å²) in [6.07, 6.45) is 0. The van der Waals surface area contributed by atoms with Crippen molar-refractivity contribution >= 4 is 17.1 Å². The molecule has 0 saturated heterocycles. The molecule has 7 N–H and O–H groups in total. The molecule has 0 aliphatic rings. The molecule has 0 radical (unpaired) electrons. The molecule has 18 heavy (non-hydrogen) atoms. The molecular formula is C13H15N3O2. The SMILES string of the molecule is Nc1ccc(CNc2ccc(N)c(O)c2)cc1O. The lowest BCUT2D eigenvalue weighted by Gasteiger charge is -2.09. The van der Waals surface area contributed by atoms with Crippen LogP contribution in [-0.4, -0.2) is 10.2 Å². The van der Waals surface area contributed by atoms with Gasteiger partial charge in [-0.3, -0.25) is 0 Å². The number of hydrogen-bond acceptors (Lipinski definition) is 5. The molecule has 0 aliphatic heterocycles. The molecular weight excluding hydrogens is 230 g/mol. The summed E-state index contributed by atoms with van der Waals surface area (Å²) in [5.74, 6) is 0.106. The molecule has 0 spiro atoms. The van der Waals surface area contributed by atoms with Gasteiger partial charge in [-0.25, -0.2) is 0 Å². The number of benzene rings is 2. The second kappa shape index (κ2) is 4.75. The topological polar surface area (TPSA) is 105 Å². The second-order valence-corrected chi connectivity index (χ2v) is 4.02. The fraction of sp³-hybridized carbons (Fsp3) is 0.0769. The van der Waals surface area contributed by atoms with Crippen molar-refractivity contribution < 1.29 is 10.2 Å². The van der Waals surface area contributed by atoms with Crippen LogP contribution in [0.2, 0.25) is 0 Å². The molecule has 5 nitrogen and oxygen atoms in total.